The zero-order chi connectivity index (χ0) is 17.2. The fraction of sp³-hybridized carbons (Fsp3) is 0.375. The van der Waals surface area contributed by atoms with Gasteiger partial charge in [0.15, 0.2) is 0 Å². The maximum absolute atomic E-state index is 12.7. The number of carbonyl (C=O) groups excluding carboxylic acids is 1. The summed E-state index contributed by atoms with van der Waals surface area (Å²) in [5.41, 5.74) is -0.0880. The fourth-order valence-electron chi connectivity index (χ4n) is 2.06. The summed E-state index contributed by atoms with van der Waals surface area (Å²) in [6.45, 7) is 5.83. The minimum absolute atomic E-state index is 0.114. The van der Waals surface area contributed by atoms with Crippen LogP contribution in [-0.2, 0) is 12.6 Å². The molecule has 2 aromatic rings. The number of benzene rings is 1. The SMILES string of the molecule is Cc1nc(CC(C)C)sc1C(=O)Nc1cccc(C(F)(F)F)c1. The Bertz CT molecular complexity index is 708. The molecule has 0 aliphatic carbocycles. The van der Waals surface area contributed by atoms with E-state index in [9.17, 15) is 18.0 Å². The summed E-state index contributed by atoms with van der Waals surface area (Å²) in [5.74, 6) is -0.0192. The molecular weight excluding hydrogens is 325 g/mol. The largest absolute Gasteiger partial charge is 0.416 e. The Morgan fingerprint density at radius 2 is 2.04 bits per heavy atom. The first kappa shape index (κ1) is 17.5. The van der Waals surface area contributed by atoms with Crippen LogP contribution in [0.15, 0.2) is 24.3 Å². The highest BCUT2D eigenvalue weighted by Crippen LogP contribution is 2.31. The van der Waals surface area contributed by atoms with Crippen LogP contribution in [0.3, 0.4) is 0 Å². The van der Waals surface area contributed by atoms with Crippen LogP contribution in [0.1, 0.15) is 39.8 Å². The molecule has 0 atom stereocenters. The van der Waals surface area contributed by atoms with E-state index in [1.165, 1.54) is 23.5 Å². The lowest BCUT2D eigenvalue weighted by atomic mass is 10.1. The lowest BCUT2D eigenvalue weighted by Gasteiger charge is -2.09. The van der Waals surface area contributed by atoms with Gasteiger partial charge in [0.25, 0.3) is 5.91 Å². The van der Waals surface area contributed by atoms with Gasteiger partial charge >= 0.3 is 6.18 Å². The Morgan fingerprint density at radius 1 is 1.35 bits per heavy atom. The van der Waals surface area contributed by atoms with Gasteiger partial charge in [-0.05, 0) is 31.0 Å². The zero-order valence-electron chi connectivity index (χ0n) is 13.0. The van der Waals surface area contributed by atoms with E-state index in [4.69, 9.17) is 0 Å². The second-order valence-corrected chi connectivity index (χ2v) is 6.74. The van der Waals surface area contributed by atoms with Gasteiger partial charge in [-0.2, -0.15) is 13.2 Å². The number of nitrogens with one attached hydrogen (secondary N) is 1. The highest BCUT2D eigenvalue weighted by Gasteiger charge is 2.30. The second-order valence-electron chi connectivity index (χ2n) is 5.65. The molecule has 0 radical (unpaired) electrons. The summed E-state index contributed by atoms with van der Waals surface area (Å²) in [4.78, 5) is 17.0. The second kappa shape index (κ2) is 6.70. The summed E-state index contributed by atoms with van der Waals surface area (Å²) in [5, 5.41) is 3.36. The molecule has 0 aliphatic heterocycles. The number of rotatable bonds is 4. The molecule has 0 fully saturated rings. The highest BCUT2D eigenvalue weighted by atomic mass is 32.1. The summed E-state index contributed by atoms with van der Waals surface area (Å²) in [6.07, 6.45) is -3.67. The number of alkyl halides is 3. The minimum atomic E-state index is -4.44. The number of anilines is 1. The van der Waals surface area contributed by atoms with E-state index in [1.807, 2.05) is 0 Å². The van der Waals surface area contributed by atoms with Gasteiger partial charge in [0.05, 0.1) is 16.3 Å². The first-order chi connectivity index (χ1) is 10.7. The molecule has 23 heavy (non-hydrogen) atoms. The van der Waals surface area contributed by atoms with Crippen molar-refractivity contribution in [1.82, 2.24) is 4.98 Å². The average Bonchev–Trinajstić information content (AvgIpc) is 2.78. The molecule has 1 aromatic heterocycles. The molecule has 0 aliphatic rings. The van der Waals surface area contributed by atoms with Gasteiger partial charge in [0.2, 0.25) is 0 Å². The van der Waals surface area contributed by atoms with E-state index >= 15 is 0 Å². The van der Waals surface area contributed by atoms with Gasteiger partial charge < -0.3 is 5.32 Å². The monoisotopic (exact) mass is 342 g/mol. The predicted octanol–water partition coefficient (Wildman–Crippen LogP) is 4.92. The summed E-state index contributed by atoms with van der Waals surface area (Å²) in [6, 6.07) is 4.58. The molecule has 0 saturated heterocycles. The molecule has 0 unspecified atom stereocenters. The van der Waals surface area contributed by atoms with E-state index in [-0.39, 0.29) is 5.69 Å². The summed E-state index contributed by atoms with van der Waals surface area (Å²) >= 11 is 1.28. The topological polar surface area (TPSA) is 42.0 Å². The Labute approximate surface area is 136 Å². The molecule has 0 spiro atoms. The number of halogens is 3. The van der Waals surface area contributed by atoms with Crippen LogP contribution in [0.25, 0.3) is 0 Å². The maximum Gasteiger partial charge on any atom is 0.416 e. The third-order valence-electron chi connectivity index (χ3n) is 3.08. The normalized spacial score (nSPS) is 11.8. The number of hydrogen-bond acceptors (Lipinski definition) is 3. The van der Waals surface area contributed by atoms with Crippen molar-refractivity contribution in [3.05, 3.63) is 45.4 Å². The van der Waals surface area contributed by atoms with Crippen LogP contribution in [0.4, 0.5) is 18.9 Å². The Kier molecular flexibility index (Phi) is 5.09. The van der Waals surface area contributed by atoms with E-state index in [2.05, 4.69) is 24.1 Å². The molecule has 1 heterocycles. The van der Waals surface area contributed by atoms with Crippen molar-refractivity contribution in [2.24, 2.45) is 5.92 Å². The molecule has 1 amide bonds. The molecule has 0 saturated carbocycles. The fourth-order valence-corrected chi connectivity index (χ4v) is 3.23. The van der Waals surface area contributed by atoms with Gasteiger partial charge in [-0.3, -0.25) is 4.79 Å². The summed E-state index contributed by atoms with van der Waals surface area (Å²) < 4.78 is 38.1. The van der Waals surface area contributed by atoms with Crippen LogP contribution in [0, 0.1) is 12.8 Å². The van der Waals surface area contributed by atoms with Gasteiger partial charge in [-0.25, -0.2) is 4.98 Å². The third kappa shape index (κ3) is 4.54. The molecular formula is C16H17F3N2OS. The number of amides is 1. The molecule has 124 valence electrons. The number of nitrogens with zero attached hydrogens (tertiary/aromatic N) is 1. The zero-order valence-corrected chi connectivity index (χ0v) is 13.8. The van der Waals surface area contributed by atoms with Crippen molar-refractivity contribution in [2.75, 3.05) is 5.32 Å². The standard InChI is InChI=1S/C16H17F3N2OS/c1-9(2)7-13-20-10(3)14(23-13)15(22)21-12-6-4-5-11(8-12)16(17,18)19/h4-6,8-9H,7H2,1-3H3,(H,21,22). The highest BCUT2D eigenvalue weighted by molar-refractivity contribution is 7.13. The van der Waals surface area contributed by atoms with Crippen molar-refractivity contribution < 1.29 is 18.0 Å². The van der Waals surface area contributed by atoms with Gasteiger partial charge in [0, 0.05) is 12.1 Å². The summed E-state index contributed by atoms with van der Waals surface area (Å²) in [7, 11) is 0. The average molecular weight is 342 g/mol. The van der Waals surface area contributed by atoms with E-state index in [0.717, 1.165) is 23.6 Å². The van der Waals surface area contributed by atoms with Crippen molar-refractivity contribution in [3.63, 3.8) is 0 Å². The number of hydrogen-bond donors (Lipinski definition) is 1. The first-order valence-corrected chi connectivity index (χ1v) is 7.93. The Morgan fingerprint density at radius 3 is 2.65 bits per heavy atom. The number of thiazole rings is 1. The van der Waals surface area contributed by atoms with Crippen molar-refractivity contribution in [1.29, 1.82) is 0 Å². The number of aryl methyl sites for hydroxylation is 1. The molecule has 3 nitrogen and oxygen atoms in total. The first-order valence-electron chi connectivity index (χ1n) is 7.11. The number of aromatic nitrogens is 1. The smallest absolute Gasteiger partial charge is 0.321 e. The van der Waals surface area contributed by atoms with Gasteiger partial charge in [-0.15, -0.1) is 11.3 Å². The van der Waals surface area contributed by atoms with E-state index in [1.54, 1.807) is 6.92 Å². The third-order valence-corrected chi connectivity index (χ3v) is 4.26. The lowest BCUT2D eigenvalue weighted by molar-refractivity contribution is -0.137. The molecule has 1 aromatic carbocycles. The van der Waals surface area contributed by atoms with Crippen molar-refractivity contribution >= 4 is 22.9 Å². The molecule has 1 N–H and O–H groups in total. The van der Waals surface area contributed by atoms with Gasteiger partial charge in [-0.1, -0.05) is 19.9 Å². The number of carbonyl (C=O) groups is 1. The van der Waals surface area contributed by atoms with Crippen LogP contribution in [0.2, 0.25) is 0 Å². The van der Waals surface area contributed by atoms with E-state index < -0.39 is 17.6 Å². The van der Waals surface area contributed by atoms with E-state index in [0.29, 0.717) is 16.5 Å². The minimum Gasteiger partial charge on any atom is -0.321 e. The van der Waals surface area contributed by atoms with Crippen molar-refractivity contribution in [2.45, 2.75) is 33.4 Å². The van der Waals surface area contributed by atoms with Crippen LogP contribution >= 0.6 is 11.3 Å². The Balaban J connectivity index is 2.18. The maximum atomic E-state index is 12.7. The van der Waals surface area contributed by atoms with Crippen LogP contribution < -0.4 is 5.32 Å². The van der Waals surface area contributed by atoms with Crippen LogP contribution in [0.5, 0.6) is 0 Å². The lowest BCUT2D eigenvalue weighted by Crippen LogP contribution is -2.13. The van der Waals surface area contributed by atoms with Crippen LogP contribution in [-0.4, -0.2) is 10.9 Å². The molecule has 2 rings (SSSR count). The predicted molar refractivity (Wildman–Crippen MR) is 84.8 cm³/mol. The molecule has 7 heteroatoms. The quantitative estimate of drug-likeness (QED) is 0.857. The van der Waals surface area contributed by atoms with Crippen molar-refractivity contribution in [3.8, 4) is 0 Å². The van der Waals surface area contributed by atoms with Gasteiger partial charge in [0.1, 0.15) is 4.88 Å². The molecule has 0 bridgehead atoms. The Hall–Kier alpha value is -1.89.